The van der Waals surface area contributed by atoms with E-state index in [0.717, 1.165) is 18.6 Å². The first-order valence-corrected chi connectivity index (χ1v) is 7.81. The SMILES string of the molecule is c1csc(CCNC2CCN3CCCCC23)c1. The lowest BCUT2D eigenvalue weighted by Crippen LogP contribution is -2.45. The average Bonchev–Trinajstić information content (AvgIpc) is 2.99. The van der Waals surface area contributed by atoms with Crippen LogP contribution in [0.25, 0.3) is 0 Å². The summed E-state index contributed by atoms with van der Waals surface area (Å²) >= 11 is 1.88. The summed E-state index contributed by atoms with van der Waals surface area (Å²) in [5, 5.41) is 5.96. The van der Waals surface area contributed by atoms with E-state index in [4.69, 9.17) is 0 Å². The lowest BCUT2D eigenvalue weighted by atomic mass is 9.99. The molecule has 2 fully saturated rings. The minimum atomic E-state index is 0.760. The normalized spacial score (nSPS) is 29.4. The van der Waals surface area contributed by atoms with Crippen molar-refractivity contribution in [2.24, 2.45) is 0 Å². The molecule has 1 N–H and O–H groups in total. The Balaban J connectivity index is 1.46. The standard InChI is InChI=1S/C14H22N2S/c1-2-9-16-10-7-13(14(16)5-1)15-8-6-12-4-3-11-17-12/h3-4,11,13-15H,1-2,5-10H2. The number of thiophene rings is 1. The Morgan fingerprint density at radius 1 is 1.29 bits per heavy atom. The van der Waals surface area contributed by atoms with E-state index in [1.807, 2.05) is 11.3 Å². The van der Waals surface area contributed by atoms with Crippen molar-refractivity contribution < 1.29 is 0 Å². The molecule has 0 aromatic carbocycles. The summed E-state index contributed by atoms with van der Waals surface area (Å²) in [5.74, 6) is 0. The molecule has 0 radical (unpaired) electrons. The van der Waals surface area contributed by atoms with E-state index in [2.05, 4.69) is 27.7 Å². The summed E-state index contributed by atoms with van der Waals surface area (Å²) in [4.78, 5) is 4.21. The maximum Gasteiger partial charge on any atom is 0.0249 e. The van der Waals surface area contributed by atoms with Crippen molar-refractivity contribution in [3.8, 4) is 0 Å². The van der Waals surface area contributed by atoms with Gasteiger partial charge in [-0.15, -0.1) is 11.3 Å². The zero-order chi connectivity index (χ0) is 11.5. The molecule has 1 aromatic rings. The molecule has 3 heteroatoms. The van der Waals surface area contributed by atoms with Gasteiger partial charge in [0.05, 0.1) is 0 Å². The largest absolute Gasteiger partial charge is 0.312 e. The summed E-state index contributed by atoms with van der Waals surface area (Å²) in [6.45, 7) is 3.81. The monoisotopic (exact) mass is 250 g/mol. The van der Waals surface area contributed by atoms with Crippen LogP contribution in [0.3, 0.4) is 0 Å². The van der Waals surface area contributed by atoms with Crippen molar-refractivity contribution in [3.63, 3.8) is 0 Å². The number of piperidine rings is 1. The predicted molar refractivity (Wildman–Crippen MR) is 73.6 cm³/mol. The van der Waals surface area contributed by atoms with Crippen LogP contribution < -0.4 is 5.32 Å². The van der Waals surface area contributed by atoms with Crippen LogP contribution in [0.4, 0.5) is 0 Å². The lowest BCUT2D eigenvalue weighted by Gasteiger charge is -2.32. The molecule has 0 saturated carbocycles. The molecule has 17 heavy (non-hydrogen) atoms. The molecule has 1 aromatic heterocycles. The van der Waals surface area contributed by atoms with E-state index in [-0.39, 0.29) is 0 Å². The second-order valence-electron chi connectivity index (χ2n) is 5.28. The molecule has 2 saturated heterocycles. The van der Waals surface area contributed by atoms with E-state index in [1.54, 1.807) is 0 Å². The minimum absolute atomic E-state index is 0.760. The first-order chi connectivity index (χ1) is 8.43. The van der Waals surface area contributed by atoms with Crippen LogP contribution in [0.15, 0.2) is 17.5 Å². The molecule has 3 heterocycles. The molecular weight excluding hydrogens is 228 g/mol. The molecule has 2 aliphatic rings. The molecule has 0 spiro atoms. The molecule has 0 aliphatic carbocycles. The van der Waals surface area contributed by atoms with E-state index in [9.17, 15) is 0 Å². The molecule has 0 bridgehead atoms. The van der Waals surface area contributed by atoms with Crippen LogP contribution in [0.2, 0.25) is 0 Å². The zero-order valence-electron chi connectivity index (χ0n) is 10.4. The van der Waals surface area contributed by atoms with Gasteiger partial charge in [0.25, 0.3) is 0 Å². The van der Waals surface area contributed by atoms with Crippen LogP contribution in [0.1, 0.15) is 30.6 Å². The third kappa shape index (κ3) is 2.72. The van der Waals surface area contributed by atoms with Gasteiger partial charge in [-0.3, -0.25) is 4.90 Å². The molecule has 2 nitrogen and oxygen atoms in total. The average molecular weight is 250 g/mol. The molecule has 94 valence electrons. The number of fused-ring (bicyclic) bond motifs is 1. The fraction of sp³-hybridized carbons (Fsp3) is 0.714. The predicted octanol–water partition coefficient (Wildman–Crippen LogP) is 2.51. The molecule has 3 rings (SSSR count). The fourth-order valence-electron chi connectivity index (χ4n) is 3.32. The van der Waals surface area contributed by atoms with Crippen molar-refractivity contribution in [2.45, 2.75) is 44.2 Å². The number of nitrogens with zero attached hydrogens (tertiary/aromatic N) is 1. The van der Waals surface area contributed by atoms with Gasteiger partial charge in [0, 0.05) is 30.1 Å². The van der Waals surface area contributed by atoms with Gasteiger partial charge in [0.1, 0.15) is 0 Å². The van der Waals surface area contributed by atoms with Gasteiger partial charge in [-0.25, -0.2) is 0 Å². The highest BCUT2D eigenvalue weighted by Gasteiger charge is 2.34. The fourth-order valence-corrected chi connectivity index (χ4v) is 4.03. The van der Waals surface area contributed by atoms with Gasteiger partial charge in [-0.2, -0.15) is 0 Å². The maximum absolute atomic E-state index is 3.78. The molecule has 2 atom stereocenters. The summed E-state index contributed by atoms with van der Waals surface area (Å²) in [5.41, 5.74) is 0. The van der Waals surface area contributed by atoms with Crippen molar-refractivity contribution in [1.82, 2.24) is 10.2 Å². The van der Waals surface area contributed by atoms with Crippen LogP contribution in [0.5, 0.6) is 0 Å². The van der Waals surface area contributed by atoms with Gasteiger partial charge >= 0.3 is 0 Å². The van der Waals surface area contributed by atoms with Crippen molar-refractivity contribution in [3.05, 3.63) is 22.4 Å². The zero-order valence-corrected chi connectivity index (χ0v) is 11.2. The number of hydrogen-bond donors (Lipinski definition) is 1. The molecular formula is C14H22N2S. The second-order valence-corrected chi connectivity index (χ2v) is 6.31. The van der Waals surface area contributed by atoms with Crippen LogP contribution in [-0.4, -0.2) is 36.6 Å². The van der Waals surface area contributed by atoms with Crippen LogP contribution >= 0.6 is 11.3 Å². The van der Waals surface area contributed by atoms with Gasteiger partial charge < -0.3 is 5.32 Å². The Hall–Kier alpha value is -0.380. The molecule has 2 unspecified atom stereocenters. The molecule has 2 aliphatic heterocycles. The second kappa shape index (κ2) is 5.51. The first kappa shape index (κ1) is 11.7. The Bertz CT molecular complexity index is 336. The summed E-state index contributed by atoms with van der Waals surface area (Å²) in [7, 11) is 0. The smallest absolute Gasteiger partial charge is 0.0249 e. The number of nitrogens with one attached hydrogen (secondary N) is 1. The van der Waals surface area contributed by atoms with E-state index >= 15 is 0 Å². The topological polar surface area (TPSA) is 15.3 Å². The minimum Gasteiger partial charge on any atom is -0.312 e. The van der Waals surface area contributed by atoms with Crippen LogP contribution in [0, 0.1) is 0 Å². The Labute approximate surface area is 108 Å². The Morgan fingerprint density at radius 2 is 2.29 bits per heavy atom. The Kier molecular flexibility index (Phi) is 3.79. The summed E-state index contributed by atoms with van der Waals surface area (Å²) in [6.07, 6.45) is 6.81. The quantitative estimate of drug-likeness (QED) is 0.883. The van der Waals surface area contributed by atoms with Gasteiger partial charge in [-0.1, -0.05) is 12.5 Å². The van der Waals surface area contributed by atoms with Gasteiger partial charge in [-0.05, 0) is 43.7 Å². The highest BCUT2D eigenvalue weighted by atomic mass is 32.1. The van der Waals surface area contributed by atoms with Crippen molar-refractivity contribution in [1.29, 1.82) is 0 Å². The van der Waals surface area contributed by atoms with E-state index < -0.39 is 0 Å². The highest BCUT2D eigenvalue weighted by Crippen LogP contribution is 2.27. The number of hydrogen-bond acceptors (Lipinski definition) is 3. The third-order valence-electron chi connectivity index (χ3n) is 4.21. The van der Waals surface area contributed by atoms with E-state index in [1.165, 1.54) is 50.1 Å². The maximum atomic E-state index is 3.78. The highest BCUT2D eigenvalue weighted by molar-refractivity contribution is 7.09. The van der Waals surface area contributed by atoms with Crippen molar-refractivity contribution in [2.75, 3.05) is 19.6 Å². The summed E-state index contributed by atoms with van der Waals surface area (Å²) in [6, 6.07) is 5.99. The first-order valence-electron chi connectivity index (χ1n) is 6.93. The van der Waals surface area contributed by atoms with Gasteiger partial charge in [0.2, 0.25) is 0 Å². The van der Waals surface area contributed by atoms with Crippen molar-refractivity contribution >= 4 is 11.3 Å². The Morgan fingerprint density at radius 3 is 3.18 bits per heavy atom. The van der Waals surface area contributed by atoms with E-state index in [0.29, 0.717) is 0 Å². The molecule has 0 amide bonds. The lowest BCUT2D eigenvalue weighted by molar-refractivity contribution is 0.181. The van der Waals surface area contributed by atoms with Gasteiger partial charge in [0.15, 0.2) is 0 Å². The summed E-state index contributed by atoms with van der Waals surface area (Å²) < 4.78 is 0. The van der Waals surface area contributed by atoms with Crippen LogP contribution in [-0.2, 0) is 6.42 Å². The number of rotatable bonds is 4. The third-order valence-corrected chi connectivity index (χ3v) is 5.15.